The predicted molar refractivity (Wildman–Crippen MR) is 87.9 cm³/mol. The summed E-state index contributed by atoms with van der Waals surface area (Å²) < 4.78 is 1.41. The molecule has 1 aromatic heterocycles. The van der Waals surface area contributed by atoms with E-state index in [0.29, 0.717) is 24.1 Å². The molecule has 2 N–H and O–H groups in total. The van der Waals surface area contributed by atoms with Crippen molar-refractivity contribution in [3.63, 3.8) is 0 Å². The zero-order chi connectivity index (χ0) is 16.1. The second-order valence-electron chi connectivity index (χ2n) is 4.82. The summed E-state index contributed by atoms with van der Waals surface area (Å²) in [5.41, 5.74) is 0.935. The van der Waals surface area contributed by atoms with Gasteiger partial charge in [-0.15, -0.1) is 10.2 Å². The molecule has 7 heteroatoms. The summed E-state index contributed by atoms with van der Waals surface area (Å²) in [6.45, 7) is 7.08. The molecule has 1 amide bonds. The average Bonchev–Trinajstić information content (AvgIpc) is 2.86. The lowest BCUT2D eigenvalue weighted by molar-refractivity contribution is -0.130. The molecule has 1 heterocycles. The van der Waals surface area contributed by atoms with E-state index in [-0.39, 0.29) is 11.2 Å². The predicted octanol–water partition coefficient (Wildman–Crippen LogP) is 2.00. The first-order valence-electron chi connectivity index (χ1n) is 7.25. The maximum absolute atomic E-state index is 12.8. The van der Waals surface area contributed by atoms with Crippen molar-refractivity contribution in [3.8, 4) is 0 Å². The quantitative estimate of drug-likeness (QED) is 0.651. The van der Waals surface area contributed by atoms with Gasteiger partial charge in [-0.25, -0.2) is 4.68 Å². The highest BCUT2D eigenvalue weighted by molar-refractivity contribution is 8.00. The van der Waals surface area contributed by atoms with E-state index in [9.17, 15) is 4.79 Å². The number of nitrogen functional groups attached to an aromatic ring is 1. The van der Waals surface area contributed by atoms with E-state index in [1.807, 2.05) is 49.1 Å². The van der Waals surface area contributed by atoms with Gasteiger partial charge in [0, 0.05) is 13.1 Å². The minimum absolute atomic E-state index is 0.0573. The second-order valence-corrected chi connectivity index (χ2v) is 5.89. The van der Waals surface area contributed by atoms with Crippen molar-refractivity contribution >= 4 is 17.7 Å². The summed E-state index contributed by atoms with van der Waals surface area (Å²) >= 11 is 1.33. The number of aryl methyl sites for hydroxylation is 1. The second kappa shape index (κ2) is 7.31. The van der Waals surface area contributed by atoms with E-state index >= 15 is 0 Å². The van der Waals surface area contributed by atoms with Crippen LogP contribution in [0.2, 0.25) is 0 Å². The molecule has 0 radical (unpaired) electrons. The van der Waals surface area contributed by atoms with Crippen LogP contribution in [-0.4, -0.2) is 38.8 Å². The standard InChI is InChI=1S/C15H21N5OS/c1-4-19(5-2)14(21)13(12-9-7-6-8-10-12)22-15-18-17-11(3)20(15)16/h6-10,13H,4-5,16H2,1-3H3/t13-/m0/s1. The third kappa shape index (κ3) is 3.41. The summed E-state index contributed by atoms with van der Waals surface area (Å²) in [6, 6.07) is 9.68. The van der Waals surface area contributed by atoms with Gasteiger partial charge in [-0.2, -0.15) is 0 Å². The van der Waals surface area contributed by atoms with Crippen LogP contribution in [0.3, 0.4) is 0 Å². The van der Waals surface area contributed by atoms with Crippen molar-refractivity contribution in [2.24, 2.45) is 0 Å². The third-order valence-corrected chi connectivity index (χ3v) is 4.66. The summed E-state index contributed by atoms with van der Waals surface area (Å²) in [4.78, 5) is 14.6. The van der Waals surface area contributed by atoms with E-state index in [1.165, 1.54) is 16.4 Å². The molecule has 0 aliphatic carbocycles. The zero-order valence-corrected chi connectivity index (χ0v) is 13.9. The Hall–Kier alpha value is -2.02. The van der Waals surface area contributed by atoms with Crippen LogP contribution in [0.25, 0.3) is 0 Å². The monoisotopic (exact) mass is 319 g/mol. The maximum atomic E-state index is 12.8. The van der Waals surface area contributed by atoms with Crippen LogP contribution in [-0.2, 0) is 4.79 Å². The van der Waals surface area contributed by atoms with Gasteiger partial charge in [-0.05, 0) is 26.3 Å². The van der Waals surface area contributed by atoms with Crippen LogP contribution in [0.5, 0.6) is 0 Å². The Morgan fingerprint density at radius 1 is 1.27 bits per heavy atom. The molecule has 0 bridgehead atoms. The highest BCUT2D eigenvalue weighted by atomic mass is 32.2. The molecule has 0 spiro atoms. The van der Waals surface area contributed by atoms with Crippen molar-refractivity contribution in [2.75, 3.05) is 18.9 Å². The lowest BCUT2D eigenvalue weighted by atomic mass is 10.1. The lowest BCUT2D eigenvalue weighted by Crippen LogP contribution is -2.34. The van der Waals surface area contributed by atoms with Crippen LogP contribution >= 0.6 is 11.8 Å². The first kappa shape index (κ1) is 16.4. The fourth-order valence-electron chi connectivity index (χ4n) is 2.13. The summed E-state index contributed by atoms with van der Waals surface area (Å²) in [7, 11) is 0. The van der Waals surface area contributed by atoms with Gasteiger partial charge in [0.05, 0.1) is 0 Å². The topological polar surface area (TPSA) is 77.0 Å². The number of hydrogen-bond acceptors (Lipinski definition) is 5. The smallest absolute Gasteiger partial charge is 0.240 e. The van der Waals surface area contributed by atoms with Gasteiger partial charge >= 0.3 is 0 Å². The van der Waals surface area contributed by atoms with Gasteiger partial charge in [-0.1, -0.05) is 42.1 Å². The minimum atomic E-state index is -0.382. The Kier molecular flexibility index (Phi) is 5.43. The maximum Gasteiger partial charge on any atom is 0.240 e. The summed E-state index contributed by atoms with van der Waals surface area (Å²) in [5.74, 6) is 6.59. The highest BCUT2D eigenvalue weighted by Gasteiger charge is 2.27. The molecule has 22 heavy (non-hydrogen) atoms. The van der Waals surface area contributed by atoms with Crippen LogP contribution in [0.4, 0.5) is 0 Å². The molecule has 118 valence electrons. The molecular formula is C15H21N5OS. The molecule has 1 aromatic carbocycles. The van der Waals surface area contributed by atoms with Crippen LogP contribution in [0.15, 0.2) is 35.5 Å². The van der Waals surface area contributed by atoms with Crippen molar-refractivity contribution < 1.29 is 4.79 Å². The van der Waals surface area contributed by atoms with Crippen LogP contribution < -0.4 is 5.84 Å². The summed E-state index contributed by atoms with van der Waals surface area (Å²) in [6.07, 6.45) is 0. The first-order valence-corrected chi connectivity index (χ1v) is 8.13. The minimum Gasteiger partial charge on any atom is -0.342 e. The molecule has 0 saturated heterocycles. The number of nitrogens with two attached hydrogens (primary N) is 1. The molecular weight excluding hydrogens is 298 g/mol. The average molecular weight is 319 g/mol. The van der Waals surface area contributed by atoms with E-state index in [2.05, 4.69) is 10.2 Å². The number of hydrogen-bond donors (Lipinski definition) is 1. The number of thioether (sulfide) groups is 1. The van der Waals surface area contributed by atoms with Gasteiger partial charge in [0.15, 0.2) is 0 Å². The Labute approximate surface area is 134 Å². The van der Waals surface area contributed by atoms with E-state index in [0.717, 1.165) is 5.56 Å². The van der Waals surface area contributed by atoms with E-state index in [4.69, 9.17) is 5.84 Å². The number of carbonyl (C=O) groups is 1. The van der Waals surface area contributed by atoms with Crippen molar-refractivity contribution in [3.05, 3.63) is 41.7 Å². The van der Waals surface area contributed by atoms with Crippen molar-refractivity contribution in [1.82, 2.24) is 19.8 Å². The zero-order valence-electron chi connectivity index (χ0n) is 13.1. The van der Waals surface area contributed by atoms with Crippen molar-refractivity contribution in [2.45, 2.75) is 31.2 Å². The Morgan fingerprint density at radius 3 is 2.41 bits per heavy atom. The van der Waals surface area contributed by atoms with Crippen molar-refractivity contribution in [1.29, 1.82) is 0 Å². The third-order valence-electron chi connectivity index (χ3n) is 3.46. The fraction of sp³-hybridized carbons (Fsp3) is 0.400. The fourth-order valence-corrected chi connectivity index (χ4v) is 3.21. The number of carbonyl (C=O) groups excluding carboxylic acids is 1. The SMILES string of the molecule is CCN(CC)C(=O)[C@@H](Sc1nnc(C)n1N)c1ccccc1. The molecule has 2 rings (SSSR count). The van der Waals surface area contributed by atoms with Gasteiger partial charge < -0.3 is 10.7 Å². The number of likely N-dealkylation sites (N-methyl/N-ethyl adjacent to an activating group) is 1. The van der Waals surface area contributed by atoms with Gasteiger partial charge in [0.2, 0.25) is 11.1 Å². The van der Waals surface area contributed by atoms with Gasteiger partial charge in [-0.3, -0.25) is 4.79 Å². The molecule has 0 aliphatic heterocycles. The molecule has 6 nitrogen and oxygen atoms in total. The number of rotatable bonds is 6. The Bertz CT molecular complexity index is 624. The number of amides is 1. The summed E-state index contributed by atoms with van der Waals surface area (Å²) in [5, 5.41) is 8.16. The number of nitrogens with zero attached hydrogens (tertiary/aromatic N) is 4. The largest absolute Gasteiger partial charge is 0.342 e. The number of aromatic nitrogens is 3. The van der Waals surface area contributed by atoms with E-state index < -0.39 is 0 Å². The normalized spacial score (nSPS) is 12.1. The van der Waals surface area contributed by atoms with Crippen LogP contribution in [0, 0.1) is 6.92 Å². The molecule has 1 atom stereocenters. The Balaban J connectivity index is 2.34. The molecule has 2 aromatic rings. The molecule has 0 saturated carbocycles. The van der Waals surface area contributed by atoms with E-state index in [1.54, 1.807) is 6.92 Å². The Morgan fingerprint density at radius 2 is 1.91 bits per heavy atom. The lowest BCUT2D eigenvalue weighted by Gasteiger charge is -2.24. The number of benzene rings is 1. The highest BCUT2D eigenvalue weighted by Crippen LogP contribution is 2.35. The van der Waals surface area contributed by atoms with Gasteiger partial charge in [0.1, 0.15) is 11.1 Å². The van der Waals surface area contributed by atoms with Gasteiger partial charge in [0.25, 0.3) is 0 Å². The van der Waals surface area contributed by atoms with Crippen LogP contribution in [0.1, 0.15) is 30.5 Å². The molecule has 0 fully saturated rings. The molecule has 0 aliphatic rings. The molecule has 0 unspecified atom stereocenters. The first-order chi connectivity index (χ1) is 10.6.